The second kappa shape index (κ2) is 7.26. The second-order valence-corrected chi connectivity index (χ2v) is 5.37. The monoisotopic (exact) mass is 314 g/mol. The highest BCUT2D eigenvalue weighted by Gasteiger charge is 2.06. The fourth-order valence-corrected chi connectivity index (χ4v) is 2.15. The molecule has 24 heavy (non-hydrogen) atoms. The van der Waals surface area contributed by atoms with Crippen molar-refractivity contribution in [3.8, 4) is 11.8 Å². The predicted molar refractivity (Wildman–Crippen MR) is 97.9 cm³/mol. The van der Waals surface area contributed by atoms with Gasteiger partial charge in [-0.3, -0.25) is 4.79 Å². The average molecular weight is 314 g/mol. The van der Waals surface area contributed by atoms with Crippen LogP contribution in [0.5, 0.6) is 0 Å². The number of hydrogen-bond acceptors (Lipinski definition) is 2. The maximum absolute atomic E-state index is 12.4. The number of benzene rings is 2. The first-order valence-electron chi connectivity index (χ1n) is 7.62. The molecular weight excluding hydrogens is 296 g/mol. The molecule has 0 bridgehead atoms. The van der Waals surface area contributed by atoms with E-state index in [4.69, 9.17) is 0 Å². The highest BCUT2D eigenvalue weighted by molar-refractivity contribution is 6.04. The van der Waals surface area contributed by atoms with Crippen LogP contribution >= 0.6 is 0 Å². The highest BCUT2D eigenvalue weighted by atomic mass is 16.1. The first kappa shape index (κ1) is 15.5. The third kappa shape index (κ3) is 4.08. The Morgan fingerprint density at radius 2 is 1.83 bits per heavy atom. The summed E-state index contributed by atoms with van der Waals surface area (Å²) in [4.78, 5) is 16.5. The van der Waals surface area contributed by atoms with E-state index in [2.05, 4.69) is 22.1 Å². The van der Waals surface area contributed by atoms with E-state index in [1.807, 2.05) is 61.5 Å². The minimum Gasteiger partial charge on any atom is -0.322 e. The number of hydrogen-bond donors (Lipinski definition) is 1. The lowest BCUT2D eigenvalue weighted by Crippen LogP contribution is -2.11. The molecule has 2 aromatic carbocycles. The van der Waals surface area contributed by atoms with Crippen molar-refractivity contribution < 1.29 is 6.22 Å². The van der Waals surface area contributed by atoms with Crippen molar-refractivity contribution in [3.63, 3.8) is 0 Å². The van der Waals surface area contributed by atoms with E-state index >= 15 is 0 Å². The normalized spacial score (nSPS) is 9.71. The molecule has 1 amide bonds. The molecule has 3 nitrogen and oxygen atoms in total. The van der Waals surface area contributed by atoms with Crippen molar-refractivity contribution in [2.24, 2.45) is 0 Å². The van der Waals surface area contributed by atoms with E-state index in [0.717, 1.165) is 16.8 Å². The third-order valence-electron chi connectivity index (χ3n) is 3.43. The van der Waals surface area contributed by atoms with Crippen molar-refractivity contribution in [3.05, 3.63) is 95.3 Å². The number of carbonyl (C=O) groups excluding carboxylic acids is 1. The number of pyridine rings is 1. The van der Waals surface area contributed by atoms with Gasteiger partial charge in [0.2, 0.25) is 0 Å². The van der Waals surface area contributed by atoms with Crippen molar-refractivity contribution in [1.29, 1.82) is 0 Å². The Morgan fingerprint density at radius 3 is 2.58 bits per heavy atom. The largest absolute Gasteiger partial charge is 0.322 e. The third-order valence-corrected chi connectivity index (χ3v) is 3.43. The van der Waals surface area contributed by atoms with Crippen LogP contribution in [0.3, 0.4) is 0 Å². The van der Waals surface area contributed by atoms with Gasteiger partial charge in [-0.1, -0.05) is 35.7 Å². The molecule has 0 saturated heterocycles. The first-order chi connectivity index (χ1) is 11.7. The van der Waals surface area contributed by atoms with Gasteiger partial charge in [-0.2, -0.15) is 0 Å². The summed E-state index contributed by atoms with van der Waals surface area (Å²) in [7, 11) is 0. The van der Waals surface area contributed by atoms with Crippen molar-refractivity contribution in [2.45, 2.75) is 6.92 Å². The Bertz CT molecular complexity index is 910. The van der Waals surface area contributed by atoms with E-state index in [9.17, 15) is 4.79 Å². The van der Waals surface area contributed by atoms with E-state index < -0.39 is 0 Å². The van der Waals surface area contributed by atoms with Crippen molar-refractivity contribution in [1.82, 2.24) is 4.98 Å². The summed E-state index contributed by atoms with van der Waals surface area (Å²) in [6.45, 7) is 2.01. The number of rotatable bonds is 2. The Morgan fingerprint density at radius 1 is 1.00 bits per heavy atom. The van der Waals surface area contributed by atoms with Crippen LogP contribution in [0.15, 0.2) is 72.9 Å². The topological polar surface area (TPSA) is 42.0 Å². The van der Waals surface area contributed by atoms with Gasteiger partial charge >= 0.3 is 0 Å². The van der Waals surface area contributed by atoms with Gasteiger partial charge in [-0.25, -0.2) is 4.98 Å². The van der Waals surface area contributed by atoms with Crippen LogP contribution in [0.4, 0.5) is 5.69 Å². The summed E-state index contributed by atoms with van der Waals surface area (Å²) in [5.74, 6) is 5.87. The molecule has 0 aliphatic carbocycles. The molecule has 0 spiro atoms. The first-order valence-corrected chi connectivity index (χ1v) is 7.62. The van der Waals surface area contributed by atoms with Gasteiger partial charge in [0.05, 0.1) is 0 Å². The molecule has 1 N–H and O–H groups in total. The summed E-state index contributed by atoms with van der Waals surface area (Å²) in [5.41, 5.74) is 3.97. The molecule has 3 heteroatoms. The van der Waals surface area contributed by atoms with Crippen LogP contribution in [-0.4, -0.2) is 10.9 Å². The zero-order valence-corrected chi connectivity index (χ0v) is 13.3. The maximum atomic E-state index is 12.4. The molecule has 0 radical (unpaired) electrons. The Hall–Kier alpha value is -3.38. The fraction of sp³-hybridized carbons (Fsp3) is 0.0476. The zero-order chi connectivity index (χ0) is 16.8. The molecule has 0 unspecified atom stereocenters. The van der Waals surface area contributed by atoms with E-state index in [0.29, 0.717) is 11.3 Å². The molecule has 0 aliphatic rings. The highest BCUT2D eigenvalue weighted by Crippen LogP contribution is 2.12. The summed E-state index contributed by atoms with van der Waals surface area (Å²) < 4.78 is 0. The van der Waals surface area contributed by atoms with Gasteiger partial charge in [0.1, 0.15) is 5.69 Å². The van der Waals surface area contributed by atoms with Crippen molar-refractivity contribution >= 4 is 11.6 Å². The van der Waals surface area contributed by atoms with E-state index in [1.165, 1.54) is 0 Å². The minimum atomic E-state index is -0.152. The van der Waals surface area contributed by atoms with Gasteiger partial charge in [0.15, 0.2) is 0 Å². The second-order valence-electron chi connectivity index (χ2n) is 5.37. The SMILES string of the molecule is Cc1ccc(NC(=O)c2cccc(C#Cc3ccccn3)c2)cc1.[HH]. The molecule has 3 rings (SSSR count). The van der Waals surface area contributed by atoms with E-state index in [1.54, 1.807) is 18.3 Å². The lowest BCUT2D eigenvalue weighted by molar-refractivity contribution is 0.102. The van der Waals surface area contributed by atoms with Crippen LogP contribution in [0.1, 0.15) is 28.6 Å². The van der Waals surface area contributed by atoms with Crippen LogP contribution in [0.25, 0.3) is 0 Å². The molecule has 118 valence electrons. The van der Waals surface area contributed by atoms with Crippen LogP contribution in [0, 0.1) is 18.8 Å². The van der Waals surface area contributed by atoms with Crippen LogP contribution in [0.2, 0.25) is 0 Å². The fourth-order valence-electron chi connectivity index (χ4n) is 2.15. The number of amides is 1. The number of anilines is 1. The molecule has 3 aromatic rings. The quantitative estimate of drug-likeness (QED) is 0.717. The average Bonchev–Trinajstić information content (AvgIpc) is 2.63. The standard InChI is InChI=1S/C21H16N2O.H2/c1-16-8-11-20(12-9-16)23-21(24)18-6-4-5-17(15-18)10-13-19-7-2-3-14-22-19;/h2-9,11-12,14-15H,1H3,(H,23,24);1H. The Labute approximate surface area is 142 Å². The smallest absolute Gasteiger partial charge is 0.255 e. The molecule has 1 heterocycles. The summed E-state index contributed by atoms with van der Waals surface area (Å²) in [6, 6.07) is 20.5. The Kier molecular flexibility index (Phi) is 4.69. The molecule has 0 fully saturated rings. The number of aryl methyl sites for hydroxylation is 1. The van der Waals surface area contributed by atoms with Crippen molar-refractivity contribution in [2.75, 3.05) is 5.32 Å². The van der Waals surface area contributed by atoms with E-state index in [-0.39, 0.29) is 7.33 Å². The number of aromatic nitrogens is 1. The summed E-state index contributed by atoms with van der Waals surface area (Å²) in [5, 5.41) is 2.89. The maximum Gasteiger partial charge on any atom is 0.255 e. The zero-order valence-electron chi connectivity index (χ0n) is 13.3. The number of nitrogens with zero attached hydrogens (tertiary/aromatic N) is 1. The predicted octanol–water partition coefficient (Wildman–Crippen LogP) is 4.29. The van der Waals surface area contributed by atoms with Crippen LogP contribution in [-0.2, 0) is 0 Å². The lowest BCUT2D eigenvalue weighted by atomic mass is 10.1. The number of carbonyl (C=O) groups is 1. The summed E-state index contributed by atoms with van der Waals surface area (Å²) >= 11 is 0. The molecule has 0 saturated carbocycles. The molecular formula is C21H18N2O. The molecule has 1 aromatic heterocycles. The minimum absolute atomic E-state index is 0. The summed E-state index contributed by atoms with van der Waals surface area (Å²) in [6.07, 6.45) is 1.70. The van der Waals surface area contributed by atoms with Gasteiger partial charge in [-0.15, -0.1) is 0 Å². The molecule has 0 aliphatic heterocycles. The molecule has 0 atom stereocenters. The Balaban J connectivity index is 0.00000225. The van der Waals surface area contributed by atoms with Crippen LogP contribution < -0.4 is 5.32 Å². The van der Waals surface area contributed by atoms with Gasteiger partial charge in [-0.05, 0) is 55.3 Å². The number of nitrogens with one attached hydrogen (secondary N) is 1. The lowest BCUT2D eigenvalue weighted by Gasteiger charge is -2.06. The van der Waals surface area contributed by atoms with Gasteiger partial charge < -0.3 is 5.32 Å². The van der Waals surface area contributed by atoms with Gasteiger partial charge in [0.25, 0.3) is 5.91 Å². The van der Waals surface area contributed by atoms with Gasteiger partial charge in [0, 0.05) is 24.4 Å².